The number of hydrogen-bond donors (Lipinski definition) is 0. The number of aromatic nitrogens is 2. The molecule has 0 spiro atoms. The van der Waals surface area contributed by atoms with Gasteiger partial charge in [-0.05, 0) is 24.3 Å². The minimum Gasteiger partial charge on any atom is -0.360 e. The Bertz CT molecular complexity index is 966. The maximum Gasteiger partial charge on any atom is 0.416 e. The second-order valence-corrected chi connectivity index (χ2v) is 6.20. The average Bonchev–Trinajstić information content (AvgIpc) is 3.10. The second-order valence-electron chi connectivity index (χ2n) is 6.20. The lowest BCUT2D eigenvalue weighted by molar-refractivity contribution is -0.137. The highest BCUT2D eigenvalue weighted by Crippen LogP contribution is 2.33. The van der Waals surface area contributed by atoms with E-state index in [2.05, 4.69) is 10.1 Å². The predicted molar refractivity (Wildman–Crippen MR) is 89.6 cm³/mol. The molecule has 0 aliphatic carbocycles. The molecule has 3 heterocycles. The van der Waals surface area contributed by atoms with Crippen LogP contribution in [0.25, 0.3) is 11.3 Å². The van der Waals surface area contributed by atoms with Crippen LogP contribution >= 0.6 is 0 Å². The maximum atomic E-state index is 12.8. The van der Waals surface area contributed by atoms with E-state index < -0.39 is 11.7 Å². The fourth-order valence-corrected chi connectivity index (χ4v) is 3.08. The van der Waals surface area contributed by atoms with E-state index in [4.69, 9.17) is 4.52 Å². The summed E-state index contributed by atoms with van der Waals surface area (Å²) in [5, 5.41) is 4.02. The van der Waals surface area contributed by atoms with Gasteiger partial charge >= 0.3 is 6.18 Å². The van der Waals surface area contributed by atoms with Gasteiger partial charge in [-0.15, -0.1) is 0 Å². The quantitative estimate of drug-likeness (QED) is 0.682. The molecule has 0 unspecified atom stereocenters. The number of pyridine rings is 1. The lowest BCUT2D eigenvalue weighted by Crippen LogP contribution is -2.36. The summed E-state index contributed by atoms with van der Waals surface area (Å²) in [5.41, 5.74) is 1.30. The standard InChI is InChI=1S/C19H14F3N3O2/c20-19(21,22)13-6-4-12(5-7-13)17-14-11-25(10-8-16(14)27-24-17)18(26)15-3-1-2-9-23-15/h1-7,9H,8,10-11H2. The number of alkyl halides is 3. The zero-order valence-electron chi connectivity index (χ0n) is 14.0. The zero-order valence-corrected chi connectivity index (χ0v) is 14.0. The van der Waals surface area contributed by atoms with Crippen LogP contribution in [0.5, 0.6) is 0 Å². The lowest BCUT2D eigenvalue weighted by atomic mass is 10.00. The van der Waals surface area contributed by atoms with Crippen molar-refractivity contribution >= 4 is 5.91 Å². The topological polar surface area (TPSA) is 59.2 Å². The minimum absolute atomic E-state index is 0.208. The van der Waals surface area contributed by atoms with Gasteiger partial charge in [0, 0.05) is 30.3 Å². The summed E-state index contributed by atoms with van der Waals surface area (Å²) in [5.74, 6) is 0.441. The number of rotatable bonds is 2. The smallest absolute Gasteiger partial charge is 0.360 e. The molecule has 1 aromatic carbocycles. The van der Waals surface area contributed by atoms with E-state index in [1.54, 1.807) is 29.3 Å². The van der Waals surface area contributed by atoms with Gasteiger partial charge in [0.1, 0.15) is 17.1 Å². The third-order valence-electron chi connectivity index (χ3n) is 4.48. The van der Waals surface area contributed by atoms with E-state index in [-0.39, 0.29) is 12.5 Å². The van der Waals surface area contributed by atoms with Gasteiger partial charge in [0.15, 0.2) is 0 Å². The summed E-state index contributed by atoms with van der Waals surface area (Å²) in [6.45, 7) is 0.731. The van der Waals surface area contributed by atoms with Gasteiger partial charge in [-0.1, -0.05) is 23.4 Å². The van der Waals surface area contributed by atoms with Crippen molar-refractivity contribution in [3.63, 3.8) is 0 Å². The van der Waals surface area contributed by atoms with Gasteiger partial charge in [-0.3, -0.25) is 9.78 Å². The Kier molecular flexibility index (Phi) is 4.18. The predicted octanol–water partition coefficient (Wildman–Crippen LogP) is 3.95. The fourth-order valence-electron chi connectivity index (χ4n) is 3.08. The molecule has 0 atom stereocenters. The molecule has 0 fully saturated rings. The summed E-state index contributed by atoms with van der Waals surface area (Å²) in [4.78, 5) is 18.3. The number of carbonyl (C=O) groups excluding carboxylic acids is 1. The van der Waals surface area contributed by atoms with Crippen molar-refractivity contribution in [2.24, 2.45) is 0 Å². The van der Waals surface area contributed by atoms with Crippen molar-refractivity contribution in [3.05, 3.63) is 71.2 Å². The van der Waals surface area contributed by atoms with Crippen molar-refractivity contribution < 1.29 is 22.5 Å². The van der Waals surface area contributed by atoms with Crippen molar-refractivity contribution in [2.75, 3.05) is 6.54 Å². The van der Waals surface area contributed by atoms with E-state index >= 15 is 0 Å². The maximum absolute atomic E-state index is 12.8. The Morgan fingerprint density at radius 2 is 1.89 bits per heavy atom. The average molecular weight is 373 g/mol. The van der Waals surface area contributed by atoms with E-state index in [9.17, 15) is 18.0 Å². The molecule has 0 saturated carbocycles. The molecule has 8 heteroatoms. The Morgan fingerprint density at radius 1 is 1.11 bits per heavy atom. The van der Waals surface area contributed by atoms with E-state index in [0.29, 0.717) is 41.2 Å². The monoisotopic (exact) mass is 373 g/mol. The van der Waals surface area contributed by atoms with E-state index in [0.717, 1.165) is 12.1 Å². The van der Waals surface area contributed by atoms with Crippen LogP contribution in [-0.4, -0.2) is 27.5 Å². The molecule has 2 aromatic heterocycles. The number of halogens is 3. The van der Waals surface area contributed by atoms with Crippen molar-refractivity contribution in [2.45, 2.75) is 19.1 Å². The van der Waals surface area contributed by atoms with Crippen molar-refractivity contribution in [1.29, 1.82) is 0 Å². The summed E-state index contributed by atoms with van der Waals surface area (Å²) in [6, 6.07) is 9.85. The van der Waals surface area contributed by atoms with Crippen molar-refractivity contribution in [1.82, 2.24) is 15.0 Å². The summed E-state index contributed by atoms with van der Waals surface area (Å²) in [7, 11) is 0. The highest BCUT2D eigenvalue weighted by molar-refractivity contribution is 5.92. The van der Waals surface area contributed by atoms with Crippen molar-refractivity contribution in [3.8, 4) is 11.3 Å². The minimum atomic E-state index is -4.40. The SMILES string of the molecule is O=C(c1ccccn1)N1CCc2onc(-c3ccc(C(F)(F)F)cc3)c2C1. The molecule has 1 aliphatic rings. The molecule has 5 nitrogen and oxygen atoms in total. The first-order valence-corrected chi connectivity index (χ1v) is 8.29. The molecule has 1 aliphatic heterocycles. The molecule has 0 N–H and O–H groups in total. The normalized spacial score (nSPS) is 14.1. The summed E-state index contributed by atoms with van der Waals surface area (Å²) < 4.78 is 43.6. The zero-order chi connectivity index (χ0) is 19.0. The van der Waals surface area contributed by atoms with Gasteiger partial charge in [0.2, 0.25) is 0 Å². The molecule has 0 radical (unpaired) electrons. The van der Waals surface area contributed by atoms with Gasteiger partial charge in [0.05, 0.1) is 12.1 Å². The van der Waals surface area contributed by atoms with Crippen LogP contribution in [0.4, 0.5) is 13.2 Å². The number of carbonyl (C=O) groups is 1. The van der Waals surface area contributed by atoms with Crippen LogP contribution in [0.1, 0.15) is 27.4 Å². The lowest BCUT2D eigenvalue weighted by Gasteiger charge is -2.26. The van der Waals surface area contributed by atoms with Gasteiger partial charge in [-0.2, -0.15) is 13.2 Å². The van der Waals surface area contributed by atoms with Crippen LogP contribution in [0.15, 0.2) is 53.2 Å². The van der Waals surface area contributed by atoms with E-state index in [1.807, 2.05) is 0 Å². The third kappa shape index (κ3) is 3.30. The molecular formula is C19H14F3N3O2. The van der Waals surface area contributed by atoms with Gasteiger partial charge < -0.3 is 9.42 Å². The molecule has 27 heavy (non-hydrogen) atoms. The molecule has 138 valence electrons. The number of fused-ring (bicyclic) bond motifs is 1. The molecule has 3 aromatic rings. The Hall–Kier alpha value is -3.16. The first kappa shape index (κ1) is 17.3. The van der Waals surface area contributed by atoms with Crippen LogP contribution < -0.4 is 0 Å². The number of nitrogens with zero attached hydrogens (tertiary/aromatic N) is 3. The fraction of sp³-hybridized carbons (Fsp3) is 0.211. The van der Waals surface area contributed by atoms with Crippen LogP contribution in [0.2, 0.25) is 0 Å². The van der Waals surface area contributed by atoms with Crippen LogP contribution in [0.3, 0.4) is 0 Å². The summed E-state index contributed by atoms with van der Waals surface area (Å²) in [6.07, 6.45) is -2.36. The second kappa shape index (κ2) is 6.53. The number of amides is 1. The number of benzene rings is 1. The molecule has 0 saturated heterocycles. The molecular weight excluding hydrogens is 359 g/mol. The van der Waals surface area contributed by atoms with Gasteiger partial charge in [0.25, 0.3) is 5.91 Å². The van der Waals surface area contributed by atoms with E-state index in [1.165, 1.54) is 12.1 Å². The summed E-state index contributed by atoms with van der Waals surface area (Å²) >= 11 is 0. The third-order valence-corrected chi connectivity index (χ3v) is 4.48. The Balaban J connectivity index is 1.61. The Labute approximate surface area is 152 Å². The Morgan fingerprint density at radius 3 is 2.56 bits per heavy atom. The molecule has 1 amide bonds. The molecule has 0 bridgehead atoms. The van der Waals surface area contributed by atoms with Crippen LogP contribution in [-0.2, 0) is 19.1 Å². The highest BCUT2D eigenvalue weighted by Gasteiger charge is 2.31. The van der Waals surface area contributed by atoms with Gasteiger partial charge in [-0.25, -0.2) is 0 Å². The highest BCUT2D eigenvalue weighted by atomic mass is 19.4. The van der Waals surface area contributed by atoms with Crippen LogP contribution in [0, 0.1) is 0 Å². The number of hydrogen-bond acceptors (Lipinski definition) is 4. The first-order valence-electron chi connectivity index (χ1n) is 8.29. The first-order chi connectivity index (χ1) is 12.9. The molecule has 4 rings (SSSR count). The largest absolute Gasteiger partial charge is 0.416 e.